The standard InChI is InChI=1S/C20H20N4O4S/c1-10(2)29-20-22-18-17(19(26)23-20)15(11-6-8-12(9-7-11)24(27)28)16-13(21-18)4-3-5-14(16)25/h6-10,15H,3-5H2,1-2H3,(H2,21,22,23,26)/t15-/m1/s1. The van der Waals surface area contributed by atoms with Crippen LogP contribution in [0.4, 0.5) is 11.5 Å². The molecule has 0 amide bonds. The first kappa shape index (κ1) is 19.4. The average Bonchev–Trinajstić information content (AvgIpc) is 2.66. The Balaban J connectivity index is 1.89. The summed E-state index contributed by atoms with van der Waals surface area (Å²) in [5, 5.41) is 15.0. The van der Waals surface area contributed by atoms with Gasteiger partial charge in [0.2, 0.25) is 0 Å². The lowest BCUT2D eigenvalue weighted by atomic mass is 9.76. The Bertz CT molecular complexity index is 1090. The van der Waals surface area contributed by atoms with E-state index in [1.165, 1.54) is 23.9 Å². The minimum atomic E-state index is -0.593. The van der Waals surface area contributed by atoms with Crippen molar-refractivity contribution in [2.45, 2.75) is 49.4 Å². The Morgan fingerprint density at radius 2 is 1.93 bits per heavy atom. The number of non-ortho nitro benzene ring substituents is 1. The zero-order valence-electron chi connectivity index (χ0n) is 16.0. The van der Waals surface area contributed by atoms with Crippen LogP contribution in [0.3, 0.4) is 0 Å². The first-order valence-corrected chi connectivity index (χ1v) is 10.3. The van der Waals surface area contributed by atoms with Crippen molar-refractivity contribution < 1.29 is 9.72 Å². The molecule has 0 radical (unpaired) electrons. The number of anilines is 1. The molecule has 1 aliphatic heterocycles. The number of Topliss-reactive ketones (excluding diaryl/α,β-unsaturated/α-hetero) is 1. The third kappa shape index (κ3) is 3.57. The van der Waals surface area contributed by atoms with Gasteiger partial charge in [0.05, 0.1) is 10.5 Å². The van der Waals surface area contributed by atoms with Gasteiger partial charge in [-0.2, -0.15) is 0 Å². The number of carbonyl (C=O) groups excluding carboxylic acids is 1. The highest BCUT2D eigenvalue weighted by Crippen LogP contribution is 2.43. The Labute approximate surface area is 171 Å². The van der Waals surface area contributed by atoms with E-state index in [1.807, 2.05) is 13.8 Å². The molecule has 1 atom stereocenters. The van der Waals surface area contributed by atoms with Crippen molar-refractivity contribution >= 4 is 29.1 Å². The van der Waals surface area contributed by atoms with Crippen molar-refractivity contribution in [3.05, 3.63) is 67.1 Å². The minimum absolute atomic E-state index is 0.00668. The fraction of sp³-hybridized carbons (Fsp3) is 0.350. The average molecular weight is 412 g/mol. The number of aromatic amines is 1. The third-order valence-corrected chi connectivity index (χ3v) is 5.91. The largest absolute Gasteiger partial charge is 0.343 e. The van der Waals surface area contributed by atoms with E-state index in [-0.39, 0.29) is 22.3 Å². The topological polar surface area (TPSA) is 118 Å². The van der Waals surface area contributed by atoms with Crippen LogP contribution in [0.1, 0.15) is 50.2 Å². The van der Waals surface area contributed by atoms with Gasteiger partial charge in [-0.15, -0.1) is 0 Å². The molecule has 0 fully saturated rings. The molecule has 0 saturated carbocycles. The highest BCUT2D eigenvalue weighted by Gasteiger charge is 2.38. The Hall–Kier alpha value is -2.94. The molecule has 2 aromatic rings. The zero-order valence-corrected chi connectivity index (χ0v) is 16.8. The summed E-state index contributed by atoms with van der Waals surface area (Å²) in [6.07, 6.45) is 1.86. The lowest BCUT2D eigenvalue weighted by Gasteiger charge is -2.32. The van der Waals surface area contributed by atoms with Crippen LogP contribution in [0, 0.1) is 10.1 Å². The summed E-state index contributed by atoms with van der Waals surface area (Å²) in [5.74, 6) is -0.148. The van der Waals surface area contributed by atoms with Crippen LogP contribution in [0.15, 0.2) is 45.5 Å². The summed E-state index contributed by atoms with van der Waals surface area (Å²) in [7, 11) is 0. The van der Waals surface area contributed by atoms with Gasteiger partial charge in [0.15, 0.2) is 10.9 Å². The van der Waals surface area contributed by atoms with Crippen molar-refractivity contribution in [1.29, 1.82) is 0 Å². The SMILES string of the molecule is CC(C)Sc1nc2c(c(=O)[nH]1)[C@H](c1ccc([N+](=O)[O-])cc1)C1=C(CCCC1=O)N2. The monoisotopic (exact) mass is 412 g/mol. The number of rotatable bonds is 4. The second kappa shape index (κ2) is 7.47. The molecule has 9 heteroatoms. The first-order chi connectivity index (χ1) is 13.8. The molecule has 29 heavy (non-hydrogen) atoms. The van der Waals surface area contributed by atoms with Crippen LogP contribution < -0.4 is 10.9 Å². The van der Waals surface area contributed by atoms with Crippen LogP contribution >= 0.6 is 11.8 Å². The fourth-order valence-electron chi connectivity index (χ4n) is 3.84. The molecule has 8 nitrogen and oxygen atoms in total. The van der Waals surface area contributed by atoms with Crippen molar-refractivity contribution in [1.82, 2.24) is 9.97 Å². The number of ketones is 1. The molecule has 1 aliphatic carbocycles. The number of fused-ring (bicyclic) bond motifs is 1. The van der Waals surface area contributed by atoms with Crippen LogP contribution in [0.2, 0.25) is 0 Å². The number of nitrogens with zero attached hydrogens (tertiary/aromatic N) is 2. The van der Waals surface area contributed by atoms with E-state index < -0.39 is 10.8 Å². The van der Waals surface area contributed by atoms with Crippen molar-refractivity contribution in [2.75, 3.05) is 5.32 Å². The molecule has 1 aromatic carbocycles. The van der Waals surface area contributed by atoms with Gasteiger partial charge in [-0.25, -0.2) is 4.98 Å². The predicted molar refractivity (Wildman–Crippen MR) is 110 cm³/mol. The minimum Gasteiger partial charge on any atom is -0.343 e. The number of hydrogen-bond acceptors (Lipinski definition) is 7. The molecule has 2 heterocycles. The number of hydrogen-bond donors (Lipinski definition) is 2. The van der Waals surface area contributed by atoms with E-state index in [1.54, 1.807) is 12.1 Å². The Morgan fingerprint density at radius 1 is 1.21 bits per heavy atom. The van der Waals surface area contributed by atoms with E-state index in [2.05, 4.69) is 15.3 Å². The number of thioether (sulfide) groups is 1. The highest BCUT2D eigenvalue weighted by molar-refractivity contribution is 7.99. The van der Waals surface area contributed by atoms with Crippen LogP contribution in [0.25, 0.3) is 0 Å². The lowest BCUT2D eigenvalue weighted by molar-refractivity contribution is -0.384. The van der Waals surface area contributed by atoms with Crippen LogP contribution in [-0.4, -0.2) is 25.9 Å². The second-order valence-corrected chi connectivity index (χ2v) is 8.94. The number of nitro benzene ring substituents is 1. The second-order valence-electron chi connectivity index (χ2n) is 7.38. The maximum atomic E-state index is 13.0. The number of nitro groups is 1. The van der Waals surface area contributed by atoms with Gasteiger partial charge in [0.25, 0.3) is 11.2 Å². The molecule has 1 aromatic heterocycles. The predicted octanol–water partition coefficient (Wildman–Crippen LogP) is 3.74. The molecule has 0 unspecified atom stereocenters. The number of H-pyrrole nitrogens is 1. The van der Waals surface area contributed by atoms with Crippen LogP contribution in [0.5, 0.6) is 0 Å². The summed E-state index contributed by atoms with van der Waals surface area (Å²) < 4.78 is 0. The summed E-state index contributed by atoms with van der Waals surface area (Å²) in [6, 6.07) is 6.02. The summed E-state index contributed by atoms with van der Waals surface area (Å²) in [4.78, 5) is 43.7. The number of benzene rings is 1. The molecule has 2 aliphatic rings. The maximum absolute atomic E-state index is 13.0. The van der Waals surface area contributed by atoms with Gasteiger partial charge in [0.1, 0.15) is 5.82 Å². The maximum Gasteiger partial charge on any atom is 0.269 e. The summed E-state index contributed by atoms with van der Waals surface area (Å²) in [5.41, 5.74) is 2.05. The lowest BCUT2D eigenvalue weighted by Crippen LogP contribution is -2.32. The van der Waals surface area contributed by atoms with Gasteiger partial charge < -0.3 is 10.3 Å². The van der Waals surface area contributed by atoms with Gasteiger partial charge in [-0.3, -0.25) is 19.7 Å². The molecular formula is C20H20N4O4S. The van der Waals surface area contributed by atoms with Crippen LogP contribution in [-0.2, 0) is 4.79 Å². The van der Waals surface area contributed by atoms with Crippen molar-refractivity contribution in [2.24, 2.45) is 0 Å². The van der Waals surface area contributed by atoms with E-state index in [4.69, 9.17) is 0 Å². The van der Waals surface area contributed by atoms with Crippen molar-refractivity contribution in [3.63, 3.8) is 0 Å². The smallest absolute Gasteiger partial charge is 0.269 e. The molecule has 0 bridgehead atoms. The number of nitrogens with one attached hydrogen (secondary N) is 2. The fourth-order valence-corrected chi connectivity index (χ4v) is 4.58. The molecule has 150 valence electrons. The zero-order chi connectivity index (χ0) is 20.7. The number of allylic oxidation sites excluding steroid dienone is 2. The molecule has 4 rings (SSSR count). The molecule has 2 N–H and O–H groups in total. The highest BCUT2D eigenvalue weighted by atomic mass is 32.2. The third-order valence-electron chi connectivity index (χ3n) is 5.02. The van der Waals surface area contributed by atoms with Crippen molar-refractivity contribution in [3.8, 4) is 0 Å². The summed E-state index contributed by atoms with van der Waals surface area (Å²) in [6.45, 7) is 4.02. The summed E-state index contributed by atoms with van der Waals surface area (Å²) >= 11 is 1.45. The normalized spacial score (nSPS) is 18.3. The van der Waals surface area contributed by atoms with E-state index in [0.29, 0.717) is 40.5 Å². The number of carbonyl (C=O) groups is 1. The van der Waals surface area contributed by atoms with E-state index >= 15 is 0 Å². The molecular weight excluding hydrogens is 392 g/mol. The quantitative estimate of drug-likeness (QED) is 0.340. The van der Waals surface area contributed by atoms with E-state index in [9.17, 15) is 19.7 Å². The van der Waals surface area contributed by atoms with Gasteiger partial charge in [0, 0.05) is 41.0 Å². The molecule has 0 saturated heterocycles. The van der Waals surface area contributed by atoms with E-state index in [0.717, 1.165) is 12.1 Å². The van der Waals surface area contributed by atoms with Gasteiger partial charge in [-0.1, -0.05) is 37.7 Å². The van der Waals surface area contributed by atoms with Gasteiger partial charge in [-0.05, 0) is 18.4 Å². The molecule has 0 spiro atoms. The Kier molecular flexibility index (Phi) is 4.99. The first-order valence-electron chi connectivity index (χ1n) is 9.43. The number of aromatic nitrogens is 2. The Morgan fingerprint density at radius 3 is 2.59 bits per heavy atom. The van der Waals surface area contributed by atoms with Gasteiger partial charge >= 0.3 is 0 Å².